The van der Waals surface area contributed by atoms with Crippen molar-refractivity contribution in [2.45, 2.75) is 12.3 Å². The zero-order valence-electron chi connectivity index (χ0n) is 17.6. The van der Waals surface area contributed by atoms with Crippen LogP contribution in [0.4, 0.5) is 26.7 Å². The Bertz CT molecular complexity index is 1250. The van der Waals surface area contributed by atoms with Gasteiger partial charge in [0.2, 0.25) is 5.89 Å². The number of carbonyl (C=O) groups is 2. The number of carbonyl (C=O) groups excluding carboxylic acids is 2. The quantitative estimate of drug-likeness (QED) is 0.392. The van der Waals surface area contributed by atoms with Crippen molar-refractivity contribution in [3.8, 4) is 17.0 Å². The van der Waals surface area contributed by atoms with Gasteiger partial charge in [-0.1, -0.05) is 12.1 Å². The van der Waals surface area contributed by atoms with Crippen LogP contribution in [-0.2, 0) is 10.9 Å². The van der Waals surface area contributed by atoms with E-state index in [1.807, 2.05) is 0 Å². The number of ether oxygens (including phenoxy) is 2. The van der Waals surface area contributed by atoms with Gasteiger partial charge >= 0.3 is 12.3 Å². The number of alkyl carbamates (subject to hydrolysis) is 1. The van der Waals surface area contributed by atoms with E-state index < -0.39 is 59.3 Å². The number of hydrogen-bond acceptors (Lipinski definition) is 6. The Kier molecular flexibility index (Phi) is 7.63. The van der Waals surface area contributed by atoms with Crippen LogP contribution in [0.15, 0.2) is 45.5 Å². The predicted octanol–water partition coefficient (Wildman–Crippen LogP) is 4.98. The highest BCUT2D eigenvalue weighted by atomic mass is 79.9. The number of oxazole rings is 1. The molecule has 0 aliphatic rings. The van der Waals surface area contributed by atoms with Crippen LogP contribution in [0.3, 0.4) is 0 Å². The molecule has 186 valence electrons. The van der Waals surface area contributed by atoms with E-state index in [4.69, 9.17) is 14.9 Å². The highest BCUT2D eigenvalue weighted by molar-refractivity contribution is 9.10. The lowest BCUT2D eigenvalue weighted by atomic mass is 10.1. The zero-order valence-corrected chi connectivity index (χ0v) is 19.2. The maximum atomic E-state index is 14.7. The number of primary amides is 1. The molecule has 0 radical (unpaired) electrons. The summed E-state index contributed by atoms with van der Waals surface area (Å²) in [4.78, 5) is 27.1. The van der Waals surface area contributed by atoms with Crippen LogP contribution in [0.1, 0.15) is 27.9 Å². The third-order valence-electron chi connectivity index (χ3n) is 4.55. The van der Waals surface area contributed by atoms with Gasteiger partial charge in [0, 0.05) is 5.56 Å². The molecule has 1 atom stereocenters. The Hall–Kier alpha value is -3.68. The number of nitrogens with one attached hydrogen (secondary N) is 1. The lowest BCUT2D eigenvalue weighted by Crippen LogP contribution is -2.31. The van der Waals surface area contributed by atoms with Crippen molar-refractivity contribution < 1.29 is 45.4 Å². The third-order valence-corrected chi connectivity index (χ3v) is 5.09. The second-order valence-electron chi connectivity index (χ2n) is 6.83. The number of alkyl halides is 3. The largest absolute Gasteiger partial charge is 0.476 e. The summed E-state index contributed by atoms with van der Waals surface area (Å²) in [5.74, 6) is -4.84. The van der Waals surface area contributed by atoms with Crippen molar-refractivity contribution in [3.63, 3.8) is 0 Å². The fourth-order valence-electron chi connectivity index (χ4n) is 2.88. The van der Waals surface area contributed by atoms with Crippen LogP contribution >= 0.6 is 15.9 Å². The lowest BCUT2D eigenvalue weighted by molar-refractivity contribution is -0.137. The van der Waals surface area contributed by atoms with Gasteiger partial charge in [-0.25, -0.2) is 18.6 Å². The van der Waals surface area contributed by atoms with E-state index in [1.165, 1.54) is 0 Å². The molecule has 3 rings (SSSR count). The number of nitrogens with two attached hydrogens (primary N) is 1. The van der Waals surface area contributed by atoms with Crippen molar-refractivity contribution in [2.24, 2.45) is 5.73 Å². The number of benzene rings is 2. The summed E-state index contributed by atoms with van der Waals surface area (Å²) in [6.07, 6.45) is -6.77. The number of rotatable bonds is 7. The molecule has 3 aromatic rings. The summed E-state index contributed by atoms with van der Waals surface area (Å²) < 4.78 is 82.5. The summed E-state index contributed by atoms with van der Waals surface area (Å²) in [5.41, 5.74) is 3.42. The molecule has 35 heavy (non-hydrogen) atoms. The molecule has 0 aliphatic carbocycles. The molecule has 2 aromatic carbocycles. The SMILES string of the molecule is COC(=O)NC[C@H](Oc1ccc(F)c(C(N)=O)c1F)c1nc(-c2ccc(C(F)(F)F)cc2)c(Br)o1. The van der Waals surface area contributed by atoms with E-state index in [9.17, 15) is 31.5 Å². The van der Waals surface area contributed by atoms with Crippen molar-refractivity contribution in [3.05, 3.63) is 69.7 Å². The van der Waals surface area contributed by atoms with E-state index >= 15 is 0 Å². The van der Waals surface area contributed by atoms with Crippen LogP contribution < -0.4 is 15.8 Å². The van der Waals surface area contributed by atoms with Crippen molar-refractivity contribution in [2.75, 3.05) is 13.7 Å². The minimum atomic E-state index is -4.54. The van der Waals surface area contributed by atoms with Gasteiger partial charge in [-0.3, -0.25) is 4.79 Å². The maximum Gasteiger partial charge on any atom is 0.416 e. The van der Waals surface area contributed by atoms with E-state index in [1.54, 1.807) is 0 Å². The van der Waals surface area contributed by atoms with Gasteiger partial charge in [-0.2, -0.15) is 13.2 Å². The number of amides is 2. The second kappa shape index (κ2) is 10.3. The molecular weight excluding hydrogens is 549 g/mol. The number of nitrogens with zero attached hydrogens (tertiary/aromatic N) is 1. The molecule has 1 heterocycles. The Morgan fingerprint density at radius 1 is 1.17 bits per heavy atom. The Labute approximate surface area is 202 Å². The first-order chi connectivity index (χ1) is 16.4. The summed E-state index contributed by atoms with van der Waals surface area (Å²) in [5, 5.41) is 2.30. The summed E-state index contributed by atoms with van der Waals surface area (Å²) in [6, 6.07) is 5.66. The molecule has 0 unspecified atom stereocenters. The minimum absolute atomic E-state index is 0.00340. The molecule has 0 spiro atoms. The number of aromatic nitrogens is 1. The fourth-order valence-corrected chi connectivity index (χ4v) is 3.36. The first-order valence-corrected chi connectivity index (χ1v) is 10.3. The Balaban J connectivity index is 1.97. The first-order valence-electron chi connectivity index (χ1n) is 9.52. The van der Waals surface area contributed by atoms with Gasteiger partial charge in [0.15, 0.2) is 22.3 Å². The number of halogens is 6. The lowest BCUT2D eigenvalue weighted by Gasteiger charge is -2.17. The van der Waals surface area contributed by atoms with Gasteiger partial charge in [0.1, 0.15) is 17.1 Å². The van der Waals surface area contributed by atoms with E-state index in [-0.39, 0.29) is 21.8 Å². The monoisotopic (exact) mass is 563 g/mol. The smallest absolute Gasteiger partial charge is 0.416 e. The van der Waals surface area contributed by atoms with Crippen LogP contribution in [-0.4, -0.2) is 30.6 Å². The summed E-state index contributed by atoms with van der Waals surface area (Å²) >= 11 is 3.11. The topological polar surface area (TPSA) is 117 Å². The summed E-state index contributed by atoms with van der Waals surface area (Å²) in [7, 11) is 1.09. The Morgan fingerprint density at radius 3 is 2.40 bits per heavy atom. The van der Waals surface area contributed by atoms with Crippen molar-refractivity contribution in [1.82, 2.24) is 10.3 Å². The van der Waals surface area contributed by atoms with Gasteiger partial charge in [-0.15, -0.1) is 0 Å². The standard InChI is InChI=1S/C21H15BrF5N3O5/c1-33-20(32)29-8-13(34-12-7-6-11(23)14(15(12)24)18(28)31)19-30-16(17(22)35-19)9-2-4-10(5-3-9)21(25,26)27/h2-7,13H,8H2,1H3,(H2,28,31)(H,29,32)/t13-/m0/s1. The molecule has 14 heteroatoms. The van der Waals surface area contributed by atoms with Crippen LogP contribution in [0.2, 0.25) is 0 Å². The fraction of sp³-hybridized carbons (Fsp3) is 0.190. The molecule has 8 nitrogen and oxygen atoms in total. The van der Waals surface area contributed by atoms with Gasteiger partial charge in [0.25, 0.3) is 5.91 Å². The van der Waals surface area contributed by atoms with E-state index in [0.29, 0.717) is 0 Å². The normalized spacial score (nSPS) is 12.2. The second-order valence-corrected chi connectivity index (χ2v) is 7.55. The highest BCUT2D eigenvalue weighted by Crippen LogP contribution is 2.35. The third kappa shape index (κ3) is 5.88. The Morgan fingerprint density at radius 2 is 1.83 bits per heavy atom. The average molecular weight is 564 g/mol. The summed E-state index contributed by atoms with van der Waals surface area (Å²) in [6.45, 7) is -0.394. The maximum absolute atomic E-state index is 14.7. The molecule has 0 saturated heterocycles. The molecule has 0 fully saturated rings. The zero-order chi connectivity index (χ0) is 25.9. The van der Waals surface area contributed by atoms with Crippen molar-refractivity contribution >= 4 is 27.9 Å². The van der Waals surface area contributed by atoms with E-state index in [0.717, 1.165) is 43.5 Å². The average Bonchev–Trinajstić information content (AvgIpc) is 3.18. The predicted molar refractivity (Wildman–Crippen MR) is 113 cm³/mol. The van der Waals surface area contributed by atoms with Gasteiger partial charge in [0.05, 0.1) is 19.2 Å². The molecule has 0 bridgehead atoms. The van der Waals surface area contributed by atoms with Crippen LogP contribution in [0, 0.1) is 11.6 Å². The van der Waals surface area contributed by atoms with Crippen LogP contribution in [0.5, 0.6) is 5.75 Å². The highest BCUT2D eigenvalue weighted by Gasteiger charge is 2.31. The van der Waals surface area contributed by atoms with Gasteiger partial charge in [-0.05, 0) is 40.2 Å². The molecular formula is C21H15BrF5N3O5. The molecule has 3 N–H and O–H groups in total. The van der Waals surface area contributed by atoms with E-state index in [2.05, 4.69) is 31.0 Å². The molecule has 0 aliphatic heterocycles. The minimum Gasteiger partial charge on any atom is -0.476 e. The molecule has 0 saturated carbocycles. The molecule has 1 aromatic heterocycles. The molecule has 2 amide bonds. The van der Waals surface area contributed by atoms with Gasteiger partial charge < -0.3 is 24.9 Å². The number of methoxy groups -OCH3 is 1. The van der Waals surface area contributed by atoms with Crippen LogP contribution in [0.25, 0.3) is 11.3 Å². The van der Waals surface area contributed by atoms with Crippen molar-refractivity contribution in [1.29, 1.82) is 0 Å². The number of hydrogen-bond donors (Lipinski definition) is 2. The first kappa shape index (κ1) is 25.9.